The van der Waals surface area contributed by atoms with Gasteiger partial charge < -0.3 is 15.2 Å². The van der Waals surface area contributed by atoms with Crippen LogP contribution in [0.5, 0.6) is 0 Å². The van der Waals surface area contributed by atoms with Crippen LogP contribution >= 0.6 is 0 Å². The highest BCUT2D eigenvalue weighted by atomic mass is 15.1. The van der Waals surface area contributed by atoms with Gasteiger partial charge in [-0.2, -0.15) is 0 Å². The standard InChI is InChI=1S/C16H25N3/c1-16(2,3)18-9-10-19(4)12-13-11-17-15-8-6-5-7-14(13)15/h5-8,11,17-18H,9-10,12H2,1-4H3. The summed E-state index contributed by atoms with van der Waals surface area (Å²) < 4.78 is 0. The Labute approximate surface area is 116 Å². The molecule has 0 fully saturated rings. The summed E-state index contributed by atoms with van der Waals surface area (Å²) in [6.07, 6.45) is 2.12. The molecule has 0 atom stereocenters. The predicted molar refractivity (Wildman–Crippen MR) is 82.4 cm³/mol. The normalized spacial score (nSPS) is 12.5. The van der Waals surface area contributed by atoms with E-state index in [9.17, 15) is 0 Å². The van der Waals surface area contributed by atoms with Gasteiger partial charge in [0, 0.05) is 42.3 Å². The zero-order valence-corrected chi connectivity index (χ0v) is 12.5. The summed E-state index contributed by atoms with van der Waals surface area (Å²) in [6.45, 7) is 9.65. The average Bonchev–Trinajstić information content (AvgIpc) is 2.71. The van der Waals surface area contributed by atoms with Gasteiger partial charge in [-0.15, -0.1) is 0 Å². The molecule has 0 unspecified atom stereocenters. The third kappa shape index (κ3) is 4.08. The summed E-state index contributed by atoms with van der Waals surface area (Å²) in [5, 5.41) is 4.85. The molecule has 3 heteroatoms. The molecule has 0 saturated carbocycles. The summed E-state index contributed by atoms with van der Waals surface area (Å²) in [6, 6.07) is 8.48. The molecule has 2 aromatic rings. The summed E-state index contributed by atoms with van der Waals surface area (Å²) in [4.78, 5) is 5.69. The number of nitrogens with one attached hydrogen (secondary N) is 2. The van der Waals surface area contributed by atoms with E-state index in [0.29, 0.717) is 0 Å². The molecule has 0 radical (unpaired) electrons. The van der Waals surface area contributed by atoms with E-state index in [1.807, 2.05) is 0 Å². The van der Waals surface area contributed by atoms with Gasteiger partial charge in [-0.05, 0) is 39.4 Å². The Balaban J connectivity index is 1.90. The number of H-pyrrole nitrogens is 1. The molecule has 1 aromatic carbocycles. The third-order valence-electron chi connectivity index (χ3n) is 3.26. The van der Waals surface area contributed by atoms with Gasteiger partial charge in [-0.25, -0.2) is 0 Å². The Morgan fingerprint density at radius 1 is 1.21 bits per heavy atom. The molecule has 0 bridgehead atoms. The topological polar surface area (TPSA) is 31.1 Å². The Hall–Kier alpha value is -1.32. The Morgan fingerprint density at radius 3 is 2.68 bits per heavy atom. The van der Waals surface area contributed by atoms with Crippen molar-refractivity contribution in [3.63, 3.8) is 0 Å². The van der Waals surface area contributed by atoms with Gasteiger partial charge in [0.1, 0.15) is 0 Å². The van der Waals surface area contributed by atoms with Gasteiger partial charge in [0.25, 0.3) is 0 Å². The van der Waals surface area contributed by atoms with E-state index < -0.39 is 0 Å². The number of fused-ring (bicyclic) bond motifs is 1. The Kier molecular flexibility index (Phi) is 4.27. The monoisotopic (exact) mass is 259 g/mol. The molecule has 0 amide bonds. The van der Waals surface area contributed by atoms with Gasteiger partial charge in [0.2, 0.25) is 0 Å². The fraction of sp³-hybridized carbons (Fsp3) is 0.500. The molecule has 0 aliphatic heterocycles. The van der Waals surface area contributed by atoms with Crippen molar-refractivity contribution in [3.05, 3.63) is 36.0 Å². The maximum atomic E-state index is 3.52. The molecule has 0 aliphatic rings. The molecule has 19 heavy (non-hydrogen) atoms. The van der Waals surface area contributed by atoms with Crippen molar-refractivity contribution in [1.29, 1.82) is 0 Å². The van der Waals surface area contributed by atoms with Crippen LogP contribution in [0.3, 0.4) is 0 Å². The summed E-state index contributed by atoms with van der Waals surface area (Å²) >= 11 is 0. The van der Waals surface area contributed by atoms with Crippen LogP contribution in [0.25, 0.3) is 10.9 Å². The van der Waals surface area contributed by atoms with Crippen LogP contribution in [0.1, 0.15) is 26.3 Å². The van der Waals surface area contributed by atoms with Crippen LogP contribution in [-0.4, -0.2) is 35.6 Å². The highest BCUT2D eigenvalue weighted by molar-refractivity contribution is 5.82. The van der Waals surface area contributed by atoms with Crippen LogP contribution in [0.2, 0.25) is 0 Å². The van der Waals surface area contributed by atoms with Crippen LogP contribution in [-0.2, 0) is 6.54 Å². The van der Waals surface area contributed by atoms with E-state index in [2.05, 4.69) is 73.5 Å². The van der Waals surface area contributed by atoms with Crippen molar-refractivity contribution in [2.24, 2.45) is 0 Å². The zero-order valence-electron chi connectivity index (χ0n) is 12.5. The van der Waals surface area contributed by atoms with Crippen LogP contribution in [0.4, 0.5) is 0 Å². The van der Waals surface area contributed by atoms with Gasteiger partial charge >= 0.3 is 0 Å². The minimum atomic E-state index is 0.196. The van der Waals surface area contributed by atoms with E-state index in [4.69, 9.17) is 0 Å². The molecule has 0 aliphatic carbocycles. The van der Waals surface area contributed by atoms with Crippen molar-refractivity contribution >= 4 is 10.9 Å². The van der Waals surface area contributed by atoms with Gasteiger partial charge in [0.05, 0.1) is 0 Å². The van der Waals surface area contributed by atoms with E-state index in [0.717, 1.165) is 19.6 Å². The lowest BCUT2D eigenvalue weighted by Crippen LogP contribution is -2.40. The summed E-state index contributed by atoms with van der Waals surface area (Å²) in [7, 11) is 2.17. The van der Waals surface area contributed by atoms with Crippen molar-refractivity contribution in [2.45, 2.75) is 32.9 Å². The number of hydrogen-bond donors (Lipinski definition) is 2. The first-order valence-electron chi connectivity index (χ1n) is 6.94. The fourth-order valence-corrected chi connectivity index (χ4v) is 2.25. The largest absolute Gasteiger partial charge is 0.361 e. The summed E-state index contributed by atoms with van der Waals surface area (Å²) in [5.41, 5.74) is 2.79. The molecule has 3 nitrogen and oxygen atoms in total. The first-order valence-corrected chi connectivity index (χ1v) is 6.94. The van der Waals surface area contributed by atoms with Crippen molar-refractivity contribution < 1.29 is 0 Å². The lowest BCUT2D eigenvalue weighted by molar-refractivity contribution is 0.304. The smallest absolute Gasteiger partial charge is 0.0457 e. The maximum absolute atomic E-state index is 3.52. The number of rotatable bonds is 5. The van der Waals surface area contributed by atoms with Crippen LogP contribution < -0.4 is 5.32 Å². The molecule has 2 N–H and O–H groups in total. The lowest BCUT2D eigenvalue weighted by atomic mass is 10.1. The molecule has 1 heterocycles. The SMILES string of the molecule is CN(CCNC(C)(C)C)Cc1c[nH]c2ccccc12. The quantitative estimate of drug-likeness (QED) is 0.865. The second kappa shape index (κ2) is 5.76. The molecular formula is C16H25N3. The first kappa shape index (κ1) is 14.1. The van der Waals surface area contributed by atoms with Crippen LogP contribution in [0.15, 0.2) is 30.5 Å². The fourth-order valence-electron chi connectivity index (χ4n) is 2.25. The van der Waals surface area contributed by atoms with E-state index in [-0.39, 0.29) is 5.54 Å². The van der Waals surface area contributed by atoms with E-state index in [1.165, 1.54) is 16.5 Å². The number of benzene rings is 1. The van der Waals surface area contributed by atoms with Crippen LogP contribution in [0, 0.1) is 0 Å². The Morgan fingerprint density at radius 2 is 1.95 bits per heavy atom. The van der Waals surface area contributed by atoms with Crippen molar-refractivity contribution in [1.82, 2.24) is 15.2 Å². The molecule has 104 valence electrons. The van der Waals surface area contributed by atoms with Gasteiger partial charge in [-0.1, -0.05) is 18.2 Å². The number of likely N-dealkylation sites (N-methyl/N-ethyl adjacent to an activating group) is 1. The molecular weight excluding hydrogens is 234 g/mol. The maximum Gasteiger partial charge on any atom is 0.0457 e. The number of nitrogens with zero attached hydrogens (tertiary/aromatic N) is 1. The highest BCUT2D eigenvalue weighted by Gasteiger charge is 2.09. The van der Waals surface area contributed by atoms with Crippen molar-refractivity contribution in [3.8, 4) is 0 Å². The second-order valence-corrected chi connectivity index (χ2v) is 6.27. The van der Waals surface area contributed by atoms with E-state index >= 15 is 0 Å². The third-order valence-corrected chi connectivity index (χ3v) is 3.26. The molecule has 1 aromatic heterocycles. The Bertz CT molecular complexity index is 522. The molecule has 0 spiro atoms. The number of hydrogen-bond acceptors (Lipinski definition) is 2. The zero-order chi connectivity index (χ0) is 13.9. The van der Waals surface area contributed by atoms with E-state index in [1.54, 1.807) is 0 Å². The summed E-state index contributed by atoms with van der Waals surface area (Å²) in [5.74, 6) is 0. The minimum absolute atomic E-state index is 0.196. The van der Waals surface area contributed by atoms with Gasteiger partial charge in [-0.3, -0.25) is 0 Å². The number of aromatic amines is 1. The minimum Gasteiger partial charge on any atom is -0.361 e. The first-order chi connectivity index (χ1) is 8.96. The molecule has 0 saturated heterocycles. The lowest BCUT2D eigenvalue weighted by Gasteiger charge is -2.23. The van der Waals surface area contributed by atoms with Crippen molar-refractivity contribution in [2.75, 3.05) is 20.1 Å². The number of para-hydroxylation sites is 1. The second-order valence-electron chi connectivity index (χ2n) is 6.27. The molecule has 2 rings (SSSR count). The highest BCUT2D eigenvalue weighted by Crippen LogP contribution is 2.18. The average molecular weight is 259 g/mol. The number of aromatic nitrogens is 1. The van der Waals surface area contributed by atoms with Gasteiger partial charge in [0.15, 0.2) is 0 Å². The predicted octanol–water partition coefficient (Wildman–Crippen LogP) is 2.99.